The van der Waals surface area contributed by atoms with Crippen LogP contribution in [0.15, 0.2) is 30.3 Å². The molecule has 2 heterocycles. The fraction of sp³-hybridized carbons (Fsp3) is 0.794. The molecular weight excluding hydrogens is 488 g/mol. The molecular formula is C34H48O5. The van der Waals surface area contributed by atoms with Gasteiger partial charge in [-0.3, -0.25) is 0 Å². The van der Waals surface area contributed by atoms with Crippen LogP contribution >= 0.6 is 0 Å². The monoisotopic (exact) mass is 536 g/mol. The van der Waals surface area contributed by atoms with E-state index in [1.807, 2.05) is 30.3 Å². The van der Waals surface area contributed by atoms with Crippen molar-refractivity contribution in [1.82, 2.24) is 0 Å². The molecule has 5 heteroatoms. The molecule has 5 nitrogen and oxygen atoms in total. The van der Waals surface area contributed by atoms with Gasteiger partial charge in [0.25, 0.3) is 0 Å². The van der Waals surface area contributed by atoms with Crippen LogP contribution < -0.4 is 0 Å². The van der Waals surface area contributed by atoms with Crippen molar-refractivity contribution in [3.05, 3.63) is 35.9 Å². The molecule has 1 N–H and O–H groups in total. The summed E-state index contributed by atoms with van der Waals surface area (Å²) in [6, 6.07) is 9.43. The van der Waals surface area contributed by atoms with Gasteiger partial charge in [-0.15, -0.1) is 0 Å². The van der Waals surface area contributed by atoms with Crippen LogP contribution in [-0.2, 0) is 14.2 Å². The summed E-state index contributed by atoms with van der Waals surface area (Å²) in [5.41, 5.74) is 0.946. The second-order valence-electron chi connectivity index (χ2n) is 15.0. The van der Waals surface area contributed by atoms with E-state index >= 15 is 0 Å². The predicted molar refractivity (Wildman–Crippen MR) is 149 cm³/mol. The zero-order chi connectivity index (χ0) is 27.2. The summed E-state index contributed by atoms with van der Waals surface area (Å²) < 4.78 is 19.9. The van der Waals surface area contributed by atoms with Crippen molar-refractivity contribution < 1.29 is 24.1 Å². The molecule has 1 spiro atoms. The zero-order valence-corrected chi connectivity index (χ0v) is 24.3. The van der Waals surface area contributed by atoms with E-state index in [0.29, 0.717) is 41.1 Å². The van der Waals surface area contributed by atoms with Crippen LogP contribution in [0.25, 0.3) is 0 Å². The Balaban J connectivity index is 1.18. The number of fused-ring (bicyclic) bond motifs is 7. The number of esters is 1. The number of carbonyl (C=O) groups is 1. The van der Waals surface area contributed by atoms with Crippen molar-refractivity contribution >= 4 is 5.97 Å². The van der Waals surface area contributed by atoms with Gasteiger partial charge in [-0.1, -0.05) is 45.9 Å². The minimum absolute atomic E-state index is 0.0964. The Labute approximate surface area is 234 Å². The van der Waals surface area contributed by atoms with Crippen molar-refractivity contribution in [2.45, 2.75) is 110 Å². The van der Waals surface area contributed by atoms with E-state index < -0.39 is 0 Å². The Morgan fingerprint density at radius 1 is 0.923 bits per heavy atom. The smallest absolute Gasteiger partial charge is 0.338 e. The SMILES string of the molecule is C[C@@H]1CC[C@@]2(OC1)O[C@H]1C[C@H]3[C@@H]4C[C@@H](OC(=O)c5ccccc5)[C@H]5C[C@@H](O)CC[C@]5(C)[C@H]4CC[C@]3(C)[C@H]1[C@@H]2C. The second kappa shape index (κ2) is 9.29. The van der Waals surface area contributed by atoms with Crippen molar-refractivity contribution in [3.8, 4) is 0 Å². The van der Waals surface area contributed by atoms with Crippen LogP contribution in [0.5, 0.6) is 0 Å². The third-order valence-corrected chi connectivity index (χ3v) is 13.2. The summed E-state index contributed by atoms with van der Waals surface area (Å²) in [7, 11) is 0. The number of hydrogen-bond acceptors (Lipinski definition) is 5. The molecule has 2 saturated heterocycles. The van der Waals surface area contributed by atoms with Crippen LogP contribution in [0.3, 0.4) is 0 Å². The van der Waals surface area contributed by atoms with Gasteiger partial charge < -0.3 is 19.3 Å². The van der Waals surface area contributed by atoms with Crippen LogP contribution in [0, 0.1) is 52.3 Å². The Morgan fingerprint density at radius 2 is 1.69 bits per heavy atom. The van der Waals surface area contributed by atoms with Crippen LogP contribution in [0.2, 0.25) is 0 Å². The fourth-order valence-electron chi connectivity index (χ4n) is 11.2. The van der Waals surface area contributed by atoms with Crippen molar-refractivity contribution in [2.75, 3.05) is 6.61 Å². The average Bonchev–Trinajstić information content (AvgIpc) is 3.37. The van der Waals surface area contributed by atoms with Crippen molar-refractivity contribution in [3.63, 3.8) is 0 Å². The van der Waals surface area contributed by atoms with Gasteiger partial charge in [-0.25, -0.2) is 4.79 Å². The third kappa shape index (κ3) is 3.92. The van der Waals surface area contributed by atoms with Gasteiger partial charge in [-0.05, 0) is 104 Å². The van der Waals surface area contributed by atoms with E-state index in [9.17, 15) is 9.90 Å². The molecule has 6 fully saturated rings. The predicted octanol–water partition coefficient (Wildman–Crippen LogP) is 6.63. The van der Waals surface area contributed by atoms with E-state index in [4.69, 9.17) is 14.2 Å². The first-order valence-electron chi connectivity index (χ1n) is 15.9. The van der Waals surface area contributed by atoms with Gasteiger partial charge in [0.1, 0.15) is 6.10 Å². The summed E-state index contributed by atoms with van der Waals surface area (Å²) in [4.78, 5) is 13.3. The number of hydrogen-bond donors (Lipinski definition) is 1. The number of ether oxygens (including phenoxy) is 3. The molecule has 6 aliphatic rings. The van der Waals surface area contributed by atoms with Crippen molar-refractivity contribution in [2.24, 2.45) is 52.3 Å². The number of aliphatic hydroxyl groups excluding tert-OH is 1. The molecule has 1 aromatic carbocycles. The molecule has 7 rings (SSSR count). The van der Waals surface area contributed by atoms with E-state index in [2.05, 4.69) is 27.7 Å². The lowest BCUT2D eigenvalue weighted by Crippen LogP contribution is -2.59. The summed E-state index contributed by atoms with van der Waals surface area (Å²) in [5.74, 6) is 2.90. The highest BCUT2D eigenvalue weighted by Crippen LogP contribution is 2.71. The van der Waals surface area contributed by atoms with E-state index in [1.54, 1.807) is 0 Å². The van der Waals surface area contributed by atoms with Gasteiger partial charge in [0.15, 0.2) is 5.79 Å². The first kappa shape index (κ1) is 26.5. The van der Waals surface area contributed by atoms with Gasteiger partial charge in [0.2, 0.25) is 0 Å². The molecule has 4 saturated carbocycles. The van der Waals surface area contributed by atoms with Gasteiger partial charge in [0, 0.05) is 18.3 Å². The number of carbonyl (C=O) groups excluding carboxylic acids is 1. The number of rotatable bonds is 2. The molecule has 13 atom stereocenters. The van der Waals surface area contributed by atoms with E-state index in [0.717, 1.165) is 45.1 Å². The first-order chi connectivity index (χ1) is 18.6. The average molecular weight is 537 g/mol. The molecule has 4 aliphatic carbocycles. The highest BCUT2D eigenvalue weighted by molar-refractivity contribution is 5.89. The van der Waals surface area contributed by atoms with Crippen LogP contribution in [0.1, 0.15) is 95.8 Å². The highest BCUT2D eigenvalue weighted by atomic mass is 16.7. The lowest BCUT2D eigenvalue weighted by Gasteiger charge is -2.62. The maximum absolute atomic E-state index is 13.3. The zero-order valence-electron chi connectivity index (χ0n) is 24.3. The maximum Gasteiger partial charge on any atom is 0.338 e. The van der Waals surface area contributed by atoms with E-state index in [-0.39, 0.29) is 46.8 Å². The Hall–Kier alpha value is -1.43. The molecule has 0 amide bonds. The molecule has 2 aliphatic heterocycles. The van der Waals surface area contributed by atoms with E-state index in [1.165, 1.54) is 19.3 Å². The molecule has 214 valence electrons. The summed E-state index contributed by atoms with van der Waals surface area (Å²) in [6.07, 6.45) is 9.20. The molecule has 0 bridgehead atoms. The van der Waals surface area contributed by atoms with Crippen LogP contribution in [-0.4, -0.2) is 41.8 Å². The Bertz CT molecular complexity index is 1080. The van der Waals surface area contributed by atoms with Gasteiger partial charge >= 0.3 is 5.97 Å². The lowest BCUT2D eigenvalue weighted by atomic mass is 9.43. The standard InChI is InChI=1S/C34H48O5/c1-20-10-15-34(37-19-20)21(2)30-29(39-34)18-26-24-17-28(38-31(36)22-8-6-5-7-9-22)27-16-23(35)11-13-32(27,3)25(24)12-14-33(26,30)4/h5-9,20-21,23-30,35H,10-19H2,1-4H3/t20-,21+,23+,24-,25+,26+,27-,28-,29+,30+,32-,33+,34-/m1/s1. The summed E-state index contributed by atoms with van der Waals surface area (Å²) in [6.45, 7) is 10.5. The normalized spacial score (nSPS) is 52.4. The van der Waals surface area contributed by atoms with Gasteiger partial charge in [-0.2, -0.15) is 0 Å². The number of benzene rings is 1. The summed E-state index contributed by atoms with van der Waals surface area (Å²) in [5, 5.41) is 10.7. The summed E-state index contributed by atoms with van der Waals surface area (Å²) >= 11 is 0. The lowest BCUT2D eigenvalue weighted by molar-refractivity contribution is -0.273. The minimum atomic E-state index is -0.385. The maximum atomic E-state index is 13.3. The molecule has 1 aromatic rings. The molecule has 39 heavy (non-hydrogen) atoms. The van der Waals surface area contributed by atoms with Gasteiger partial charge in [0.05, 0.1) is 24.4 Å². The molecule has 0 unspecified atom stereocenters. The Morgan fingerprint density at radius 3 is 2.44 bits per heavy atom. The first-order valence-corrected chi connectivity index (χ1v) is 15.9. The number of aliphatic hydroxyl groups is 1. The largest absolute Gasteiger partial charge is 0.458 e. The topological polar surface area (TPSA) is 65.0 Å². The Kier molecular flexibility index (Phi) is 6.31. The molecule has 0 aromatic heterocycles. The van der Waals surface area contributed by atoms with Crippen molar-refractivity contribution in [1.29, 1.82) is 0 Å². The van der Waals surface area contributed by atoms with Crippen LogP contribution in [0.4, 0.5) is 0 Å². The molecule has 0 radical (unpaired) electrons. The fourth-order valence-corrected chi connectivity index (χ4v) is 11.2. The quantitative estimate of drug-likeness (QED) is 0.430. The minimum Gasteiger partial charge on any atom is -0.458 e. The third-order valence-electron chi connectivity index (χ3n) is 13.2. The second-order valence-corrected chi connectivity index (χ2v) is 15.0. The highest BCUT2D eigenvalue weighted by Gasteiger charge is 2.70.